The molecule has 1 saturated carbocycles. The number of hydrogen-bond donors (Lipinski definition) is 3. The van der Waals surface area contributed by atoms with Crippen molar-refractivity contribution < 1.29 is 4.79 Å². The molecule has 3 rings (SSSR count). The van der Waals surface area contributed by atoms with Crippen molar-refractivity contribution in [2.45, 2.75) is 19.8 Å². The first-order valence-corrected chi connectivity index (χ1v) is 7.21. The summed E-state index contributed by atoms with van der Waals surface area (Å²) in [5.74, 6) is 2.15. The molecule has 0 radical (unpaired) electrons. The number of benzene rings is 1. The number of hydrogen-bond acceptors (Lipinski definition) is 4. The quantitative estimate of drug-likeness (QED) is 0.761. The lowest BCUT2D eigenvalue weighted by molar-refractivity contribution is -0.115. The normalized spacial score (nSPS) is 13.5. The molecule has 22 heavy (non-hydrogen) atoms. The summed E-state index contributed by atoms with van der Waals surface area (Å²) >= 11 is 0. The molecule has 1 aliphatic carbocycles. The van der Waals surface area contributed by atoms with Gasteiger partial charge in [0.15, 0.2) is 5.82 Å². The molecular formula is C15H20ClN5O. The highest BCUT2D eigenvalue weighted by atomic mass is 35.5. The summed E-state index contributed by atoms with van der Waals surface area (Å²) in [5.41, 5.74) is 1.64. The number of amides is 1. The van der Waals surface area contributed by atoms with Crippen LogP contribution < -0.4 is 10.6 Å². The van der Waals surface area contributed by atoms with Crippen molar-refractivity contribution >= 4 is 24.0 Å². The molecule has 1 aliphatic rings. The lowest BCUT2D eigenvalue weighted by Gasteiger charge is -2.07. The van der Waals surface area contributed by atoms with Gasteiger partial charge in [-0.15, -0.1) is 12.4 Å². The SMILES string of the molecule is Cc1nc(-c2cccc(NC(=O)CNCC3CC3)c2)n[nH]1.Cl. The molecule has 7 heteroatoms. The van der Waals surface area contributed by atoms with Gasteiger partial charge >= 0.3 is 0 Å². The van der Waals surface area contributed by atoms with Crippen molar-refractivity contribution in [3.8, 4) is 11.4 Å². The van der Waals surface area contributed by atoms with Crippen LogP contribution in [-0.2, 0) is 4.79 Å². The van der Waals surface area contributed by atoms with E-state index in [1.807, 2.05) is 31.2 Å². The van der Waals surface area contributed by atoms with E-state index in [9.17, 15) is 4.79 Å². The third kappa shape index (κ3) is 4.54. The zero-order valence-corrected chi connectivity index (χ0v) is 13.2. The highest BCUT2D eigenvalue weighted by Gasteiger charge is 2.20. The van der Waals surface area contributed by atoms with Crippen LogP contribution in [0.15, 0.2) is 24.3 Å². The Morgan fingerprint density at radius 3 is 2.91 bits per heavy atom. The van der Waals surface area contributed by atoms with Crippen molar-refractivity contribution in [2.24, 2.45) is 5.92 Å². The summed E-state index contributed by atoms with van der Waals surface area (Å²) in [7, 11) is 0. The zero-order chi connectivity index (χ0) is 14.7. The van der Waals surface area contributed by atoms with Gasteiger partial charge in [-0.2, -0.15) is 5.10 Å². The molecular weight excluding hydrogens is 302 g/mol. The predicted octanol–water partition coefficient (Wildman–Crippen LogP) is 2.14. The highest BCUT2D eigenvalue weighted by Crippen LogP contribution is 2.27. The molecule has 3 N–H and O–H groups in total. The fraction of sp³-hybridized carbons (Fsp3) is 0.400. The molecule has 0 unspecified atom stereocenters. The monoisotopic (exact) mass is 321 g/mol. The van der Waals surface area contributed by atoms with Crippen LogP contribution >= 0.6 is 12.4 Å². The van der Waals surface area contributed by atoms with Crippen molar-refractivity contribution in [3.05, 3.63) is 30.1 Å². The number of anilines is 1. The summed E-state index contributed by atoms with van der Waals surface area (Å²) in [4.78, 5) is 16.1. The topological polar surface area (TPSA) is 82.7 Å². The first kappa shape index (κ1) is 16.5. The minimum Gasteiger partial charge on any atom is -0.325 e. The van der Waals surface area contributed by atoms with Gasteiger partial charge < -0.3 is 10.6 Å². The molecule has 1 amide bonds. The molecule has 6 nitrogen and oxygen atoms in total. The maximum Gasteiger partial charge on any atom is 0.238 e. The Morgan fingerprint density at radius 2 is 2.23 bits per heavy atom. The van der Waals surface area contributed by atoms with Crippen LogP contribution in [0.4, 0.5) is 5.69 Å². The van der Waals surface area contributed by atoms with Crippen molar-refractivity contribution in [1.82, 2.24) is 20.5 Å². The van der Waals surface area contributed by atoms with E-state index in [0.29, 0.717) is 12.4 Å². The van der Waals surface area contributed by atoms with E-state index in [4.69, 9.17) is 0 Å². The van der Waals surface area contributed by atoms with Crippen molar-refractivity contribution in [2.75, 3.05) is 18.4 Å². The third-order valence-electron chi connectivity index (χ3n) is 3.42. The number of carbonyl (C=O) groups is 1. The van der Waals surface area contributed by atoms with E-state index in [0.717, 1.165) is 29.5 Å². The second-order valence-electron chi connectivity index (χ2n) is 5.45. The molecule has 0 spiro atoms. The maximum atomic E-state index is 11.9. The first-order valence-electron chi connectivity index (χ1n) is 7.21. The van der Waals surface area contributed by atoms with Gasteiger partial charge in [0, 0.05) is 11.3 Å². The number of nitrogens with zero attached hydrogens (tertiary/aromatic N) is 2. The fourth-order valence-corrected chi connectivity index (χ4v) is 2.12. The highest BCUT2D eigenvalue weighted by molar-refractivity contribution is 5.92. The Hall–Kier alpha value is -1.92. The average Bonchev–Trinajstić information content (AvgIpc) is 3.18. The van der Waals surface area contributed by atoms with Gasteiger partial charge in [0.25, 0.3) is 0 Å². The number of aryl methyl sites for hydroxylation is 1. The molecule has 1 aromatic heterocycles. The van der Waals surface area contributed by atoms with E-state index in [1.54, 1.807) is 0 Å². The van der Waals surface area contributed by atoms with Gasteiger partial charge in [0.05, 0.1) is 6.54 Å². The van der Waals surface area contributed by atoms with Gasteiger partial charge in [-0.1, -0.05) is 12.1 Å². The van der Waals surface area contributed by atoms with Gasteiger partial charge in [0.1, 0.15) is 5.82 Å². The number of nitrogens with one attached hydrogen (secondary N) is 3. The Balaban J connectivity index is 0.00000176. The molecule has 0 atom stereocenters. The van der Waals surface area contributed by atoms with Crippen LogP contribution in [-0.4, -0.2) is 34.2 Å². The minimum absolute atomic E-state index is 0. The molecule has 0 saturated heterocycles. The fourth-order valence-electron chi connectivity index (χ4n) is 2.12. The van der Waals surface area contributed by atoms with E-state index in [1.165, 1.54) is 12.8 Å². The zero-order valence-electron chi connectivity index (χ0n) is 12.4. The average molecular weight is 322 g/mol. The Kier molecular flexibility index (Phi) is 5.51. The van der Waals surface area contributed by atoms with E-state index < -0.39 is 0 Å². The maximum absolute atomic E-state index is 11.9. The molecule has 118 valence electrons. The predicted molar refractivity (Wildman–Crippen MR) is 88.0 cm³/mol. The van der Waals surface area contributed by atoms with Crippen LogP contribution in [0.3, 0.4) is 0 Å². The molecule has 1 aromatic carbocycles. The van der Waals surface area contributed by atoms with Gasteiger partial charge in [-0.3, -0.25) is 9.89 Å². The second kappa shape index (κ2) is 7.38. The molecule has 0 aliphatic heterocycles. The number of halogens is 1. The number of H-pyrrole nitrogens is 1. The number of carbonyl (C=O) groups excluding carboxylic acids is 1. The smallest absolute Gasteiger partial charge is 0.238 e. The number of aromatic amines is 1. The minimum atomic E-state index is -0.0287. The van der Waals surface area contributed by atoms with Crippen LogP contribution in [0.1, 0.15) is 18.7 Å². The van der Waals surface area contributed by atoms with Crippen molar-refractivity contribution in [3.63, 3.8) is 0 Å². The lowest BCUT2D eigenvalue weighted by Crippen LogP contribution is -2.29. The number of aromatic nitrogens is 3. The van der Waals surface area contributed by atoms with Crippen LogP contribution in [0, 0.1) is 12.8 Å². The molecule has 0 bridgehead atoms. The van der Waals surface area contributed by atoms with Gasteiger partial charge in [0.2, 0.25) is 5.91 Å². The van der Waals surface area contributed by atoms with Crippen LogP contribution in [0.5, 0.6) is 0 Å². The Bertz CT molecular complexity index is 638. The Labute approximate surface area is 135 Å². The van der Waals surface area contributed by atoms with Gasteiger partial charge in [-0.25, -0.2) is 4.98 Å². The van der Waals surface area contributed by atoms with E-state index in [-0.39, 0.29) is 18.3 Å². The molecule has 1 heterocycles. The van der Waals surface area contributed by atoms with E-state index in [2.05, 4.69) is 25.8 Å². The number of rotatable bonds is 6. The molecule has 1 fully saturated rings. The largest absolute Gasteiger partial charge is 0.325 e. The summed E-state index contributed by atoms with van der Waals surface area (Å²) in [5, 5.41) is 13.0. The summed E-state index contributed by atoms with van der Waals surface area (Å²) in [6, 6.07) is 7.54. The summed E-state index contributed by atoms with van der Waals surface area (Å²) in [6.07, 6.45) is 2.57. The van der Waals surface area contributed by atoms with Gasteiger partial charge in [-0.05, 0) is 44.4 Å². The van der Waals surface area contributed by atoms with Crippen LogP contribution in [0.2, 0.25) is 0 Å². The second-order valence-corrected chi connectivity index (χ2v) is 5.45. The first-order chi connectivity index (χ1) is 10.2. The third-order valence-corrected chi connectivity index (χ3v) is 3.42. The summed E-state index contributed by atoms with van der Waals surface area (Å²) < 4.78 is 0. The van der Waals surface area contributed by atoms with Crippen molar-refractivity contribution in [1.29, 1.82) is 0 Å². The standard InChI is InChI=1S/C15H19N5O.ClH/c1-10-17-15(20-19-10)12-3-2-4-13(7-12)18-14(21)9-16-8-11-5-6-11;/h2-4,7,11,16H,5-6,8-9H2,1H3,(H,18,21)(H,17,19,20);1H. The lowest BCUT2D eigenvalue weighted by atomic mass is 10.2. The van der Waals surface area contributed by atoms with E-state index >= 15 is 0 Å². The summed E-state index contributed by atoms with van der Waals surface area (Å²) in [6.45, 7) is 3.14. The Morgan fingerprint density at radius 1 is 1.41 bits per heavy atom. The molecule has 2 aromatic rings. The van der Waals surface area contributed by atoms with Crippen LogP contribution in [0.25, 0.3) is 11.4 Å².